The van der Waals surface area contributed by atoms with Gasteiger partial charge in [-0.25, -0.2) is 0 Å². The zero-order valence-corrected chi connectivity index (χ0v) is 11.7. The maximum atomic E-state index is 12.2. The second kappa shape index (κ2) is 4.84. The van der Waals surface area contributed by atoms with Crippen LogP contribution in [0.5, 0.6) is 0 Å². The van der Waals surface area contributed by atoms with Crippen LogP contribution in [-0.2, 0) is 4.79 Å². The van der Waals surface area contributed by atoms with E-state index in [2.05, 4.69) is 12.2 Å². The van der Waals surface area contributed by atoms with E-state index in [9.17, 15) is 4.79 Å². The van der Waals surface area contributed by atoms with Crippen LogP contribution in [0.3, 0.4) is 0 Å². The van der Waals surface area contributed by atoms with Gasteiger partial charge in [0, 0.05) is 32.1 Å². The summed E-state index contributed by atoms with van der Waals surface area (Å²) in [6.07, 6.45) is 7.18. The van der Waals surface area contributed by atoms with Crippen LogP contribution in [0.4, 0.5) is 0 Å². The van der Waals surface area contributed by atoms with Gasteiger partial charge in [-0.05, 0) is 49.9 Å². The highest BCUT2D eigenvalue weighted by molar-refractivity contribution is 5.76. The number of hydrogen-bond donors (Lipinski definition) is 1. The van der Waals surface area contributed by atoms with Gasteiger partial charge < -0.3 is 10.2 Å². The number of carbonyl (C=O) groups is 1. The van der Waals surface area contributed by atoms with Crippen LogP contribution < -0.4 is 5.32 Å². The van der Waals surface area contributed by atoms with Crippen molar-refractivity contribution >= 4 is 5.91 Å². The minimum absolute atomic E-state index is 0.375. The van der Waals surface area contributed by atoms with Crippen LogP contribution in [0.15, 0.2) is 0 Å². The van der Waals surface area contributed by atoms with Crippen molar-refractivity contribution in [3.8, 4) is 0 Å². The molecular weight excluding hydrogens is 224 g/mol. The fourth-order valence-corrected chi connectivity index (χ4v) is 3.85. The lowest BCUT2D eigenvalue weighted by molar-refractivity contribution is -0.131. The van der Waals surface area contributed by atoms with Crippen LogP contribution in [0.1, 0.15) is 45.4 Å². The Kier molecular flexibility index (Phi) is 3.35. The number of fused-ring (bicyclic) bond motifs is 2. The van der Waals surface area contributed by atoms with Crippen LogP contribution in [0.25, 0.3) is 0 Å². The van der Waals surface area contributed by atoms with Crippen molar-refractivity contribution in [1.82, 2.24) is 10.2 Å². The van der Waals surface area contributed by atoms with Crippen molar-refractivity contribution in [1.29, 1.82) is 0 Å². The average Bonchev–Trinajstić information content (AvgIpc) is 2.90. The van der Waals surface area contributed by atoms with E-state index in [1.54, 1.807) is 0 Å². The minimum Gasteiger partial charge on any atom is -0.345 e. The summed E-state index contributed by atoms with van der Waals surface area (Å²) >= 11 is 0. The summed E-state index contributed by atoms with van der Waals surface area (Å²) in [4.78, 5) is 14.2. The van der Waals surface area contributed by atoms with Crippen LogP contribution in [-0.4, -0.2) is 36.5 Å². The Balaban J connectivity index is 1.45. The van der Waals surface area contributed by atoms with Gasteiger partial charge in [-0.1, -0.05) is 6.92 Å². The third-order valence-electron chi connectivity index (χ3n) is 5.24. The first-order chi connectivity index (χ1) is 8.61. The smallest absolute Gasteiger partial charge is 0.222 e. The van der Waals surface area contributed by atoms with E-state index in [1.165, 1.54) is 32.1 Å². The second-order valence-corrected chi connectivity index (χ2v) is 6.93. The fourth-order valence-electron chi connectivity index (χ4n) is 3.85. The van der Waals surface area contributed by atoms with Crippen molar-refractivity contribution < 1.29 is 4.79 Å². The molecule has 3 nitrogen and oxygen atoms in total. The highest BCUT2D eigenvalue weighted by atomic mass is 16.2. The van der Waals surface area contributed by atoms with Crippen molar-refractivity contribution in [3.63, 3.8) is 0 Å². The van der Waals surface area contributed by atoms with Gasteiger partial charge in [0.2, 0.25) is 5.91 Å². The predicted molar refractivity (Wildman–Crippen MR) is 72.2 cm³/mol. The summed E-state index contributed by atoms with van der Waals surface area (Å²) in [5, 5.41) is 3.65. The molecule has 0 aromatic heterocycles. The third-order valence-corrected chi connectivity index (χ3v) is 5.24. The van der Waals surface area contributed by atoms with E-state index in [4.69, 9.17) is 0 Å². The van der Waals surface area contributed by atoms with Gasteiger partial charge in [-0.15, -0.1) is 0 Å². The molecule has 1 N–H and O–H groups in total. The summed E-state index contributed by atoms with van der Waals surface area (Å²) in [5.74, 6) is 2.63. The molecular formula is C15H26N2O. The Hall–Kier alpha value is -0.570. The number of nitrogens with one attached hydrogen (secondary N) is 1. The molecule has 3 fully saturated rings. The highest BCUT2D eigenvalue weighted by Gasteiger charge is 2.36. The molecule has 3 rings (SSSR count). The molecule has 0 spiro atoms. The normalized spacial score (nSPS) is 41.8. The molecule has 3 aliphatic rings. The lowest BCUT2D eigenvalue weighted by Crippen LogP contribution is -2.40. The van der Waals surface area contributed by atoms with Crippen molar-refractivity contribution in [2.45, 2.75) is 57.5 Å². The summed E-state index contributed by atoms with van der Waals surface area (Å²) in [6.45, 7) is 3.27. The second-order valence-electron chi connectivity index (χ2n) is 6.93. The lowest BCUT2D eigenvalue weighted by atomic mass is 9.89. The van der Waals surface area contributed by atoms with Gasteiger partial charge in [0.15, 0.2) is 0 Å². The average molecular weight is 250 g/mol. The van der Waals surface area contributed by atoms with Gasteiger partial charge >= 0.3 is 0 Å². The van der Waals surface area contributed by atoms with Crippen molar-refractivity contribution in [2.24, 2.45) is 17.8 Å². The van der Waals surface area contributed by atoms with Gasteiger partial charge in [-0.3, -0.25) is 4.79 Å². The SMILES string of the molecule is CC1CC1CN(C)C(=O)CC1CC2CCC(C1)N2. The monoisotopic (exact) mass is 250 g/mol. The lowest BCUT2D eigenvalue weighted by Gasteiger charge is -2.30. The van der Waals surface area contributed by atoms with Crippen LogP contribution >= 0.6 is 0 Å². The number of carbonyl (C=O) groups excluding carboxylic acids is 1. The van der Waals surface area contributed by atoms with E-state index in [0.717, 1.165) is 24.8 Å². The van der Waals surface area contributed by atoms with Gasteiger partial charge in [-0.2, -0.15) is 0 Å². The van der Waals surface area contributed by atoms with Crippen molar-refractivity contribution in [2.75, 3.05) is 13.6 Å². The molecule has 4 unspecified atom stereocenters. The minimum atomic E-state index is 0.375. The molecule has 1 saturated carbocycles. The molecule has 0 aromatic rings. The molecule has 1 amide bonds. The summed E-state index contributed by atoms with van der Waals surface area (Å²) in [7, 11) is 1.99. The first-order valence-corrected chi connectivity index (χ1v) is 7.62. The zero-order chi connectivity index (χ0) is 12.7. The van der Waals surface area contributed by atoms with Crippen LogP contribution in [0, 0.1) is 17.8 Å². The maximum absolute atomic E-state index is 12.2. The zero-order valence-electron chi connectivity index (χ0n) is 11.7. The molecule has 2 saturated heterocycles. The first kappa shape index (κ1) is 12.5. The van der Waals surface area contributed by atoms with Gasteiger partial charge in [0.25, 0.3) is 0 Å². The number of nitrogens with zero attached hydrogens (tertiary/aromatic N) is 1. The Bertz CT molecular complexity index is 318. The molecule has 0 radical (unpaired) electrons. The van der Waals surface area contributed by atoms with E-state index in [1.807, 2.05) is 11.9 Å². The summed E-state index contributed by atoms with van der Waals surface area (Å²) < 4.78 is 0. The Morgan fingerprint density at radius 3 is 2.39 bits per heavy atom. The maximum Gasteiger partial charge on any atom is 0.222 e. The molecule has 102 valence electrons. The van der Waals surface area contributed by atoms with E-state index in [0.29, 0.717) is 23.9 Å². The van der Waals surface area contributed by atoms with Gasteiger partial charge in [0.1, 0.15) is 0 Å². The Labute approximate surface area is 110 Å². The van der Waals surface area contributed by atoms with Gasteiger partial charge in [0.05, 0.1) is 0 Å². The Morgan fingerprint density at radius 2 is 1.83 bits per heavy atom. The first-order valence-electron chi connectivity index (χ1n) is 7.62. The van der Waals surface area contributed by atoms with Crippen molar-refractivity contribution in [3.05, 3.63) is 0 Å². The number of amides is 1. The Morgan fingerprint density at radius 1 is 1.22 bits per heavy atom. The number of hydrogen-bond acceptors (Lipinski definition) is 2. The fraction of sp³-hybridized carbons (Fsp3) is 0.933. The number of rotatable bonds is 4. The third kappa shape index (κ3) is 2.71. The standard InChI is InChI=1S/C15H26N2O/c1-10-5-12(10)9-17(2)15(18)8-11-6-13-3-4-14(7-11)16-13/h10-14,16H,3-9H2,1-2H3. The highest BCUT2D eigenvalue weighted by Crippen LogP contribution is 2.38. The molecule has 0 aromatic carbocycles. The molecule has 2 bridgehead atoms. The van der Waals surface area contributed by atoms with Crippen LogP contribution in [0.2, 0.25) is 0 Å². The quantitative estimate of drug-likeness (QED) is 0.828. The van der Waals surface area contributed by atoms with E-state index >= 15 is 0 Å². The summed E-state index contributed by atoms with van der Waals surface area (Å²) in [5.41, 5.74) is 0. The predicted octanol–water partition coefficient (Wildman–Crippen LogP) is 2.02. The molecule has 1 aliphatic carbocycles. The molecule has 2 aliphatic heterocycles. The molecule has 18 heavy (non-hydrogen) atoms. The summed E-state index contributed by atoms with van der Waals surface area (Å²) in [6, 6.07) is 1.41. The number of piperidine rings is 1. The van der Waals surface area contributed by atoms with E-state index in [-0.39, 0.29) is 0 Å². The molecule has 4 atom stereocenters. The molecule has 2 heterocycles. The largest absolute Gasteiger partial charge is 0.345 e. The van der Waals surface area contributed by atoms with E-state index < -0.39 is 0 Å². The topological polar surface area (TPSA) is 32.3 Å². The molecule has 3 heteroatoms.